The van der Waals surface area contributed by atoms with Crippen LogP contribution in [0.3, 0.4) is 0 Å². The fourth-order valence-corrected chi connectivity index (χ4v) is 3.46. The third kappa shape index (κ3) is 5.21. The number of amides is 1. The lowest BCUT2D eigenvalue weighted by Crippen LogP contribution is -2.45. The average Bonchev–Trinajstić information content (AvgIpc) is 3.01. The van der Waals surface area contributed by atoms with E-state index in [4.69, 9.17) is 4.99 Å². The molecule has 5 nitrogen and oxygen atoms in total. The van der Waals surface area contributed by atoms with Crippen molar-refractivity contribution >= 4 is 11.9 Å². The molecule has 1 unspecified atom stereocenters. The summed E-state index contributed by atoms with van der Waals surface area (Å²) in [6, 6.07) is 4.70. The molecule has 1 saturated heterocycles. The van der Waals surface area contributed by atoms with E-state index in [0.29, 0.717) is 13.0 Å². The molecule has 138 valence electrons. The molecule has 2 rings (SSSR count). The van der Waals surface area contributed by atoms with Crippen LogP contribution in [-0.4, -0.2) is 42.4 Å². The first-order chi connectivity index (χ1) is 11.9. The molecule has 1 aromatic carbocycles. The minimum absolute atomic E-state index is 0.233. The minimum Gasteiger partial charge on any atom is -0.357 e. The molecule has 25 heavy (non-hydrogen) atoms. The van der Waals surface area contributed by atoms with Gasteiger partial charge in [0, 0.05) is 32.1 Å². The normalized spacial score (nSPS) is 17.7. The number of guanidine groups is 1. The van der Waals surface area contributed by atoms with Crippen molar-refractivity contribution in [2.24, 2.45) is 4.99 Å². The van der Waals surface area contributed by atoms with Crippen LogP contribution >= 0.6 is 0 Å². The first-order valence-electron chi connectivity index (χ1n) is 9.33. The zero-order valence-electron chi connectivity index (χ0n) is 16.3. The molecule has 1 amide bonds. The molecule has 0 saturated carbocycles. The van der Waals surface area contributed by atoms with Gasteiger partial charge in [0.15, 0.2) is 5.96 Å². The van der Waals surface area contributed by atoms with Crippen LogP contribution in [0, 0.1) is 20.8 Å². The van der Waals surface area contributed by atoms with Crippen molar-refractivity contribution < 1.29 is 4.79 Å². The molecule has 1 aliphatic rings. The quantitative estimate of drug-likeness (QED) is 0.638. The summed E-state index contributed by atoms with van der Waals surface area (Å²) in [7, 11) is 0. The Labute approximate surface area is 151 Å². The summed E-state index contributed by atoms with van der Waals surface area (Å²) in [6.45, 7) is 13.5. The Morgan fingerprint density at radius 3 is 2.52 bits per heavy atom. The molecule has 0 bridgehead atoms. The number of aliphatic imine (C=N–C) groups is 1. The van der Waals surface area contributed by atoms with Gasteiger partial charge in [0.1, 0.15) is 0 Å². The van der Waals surface area contributed by atoms with Gasteiger partial charge in [-0.15, -0.1) is 0 Å². The predicted octanol–water partition coefficient (Wildman–Crippen LogP) is 2.68. The van der Waals surface area contributed by atoms with Crippen molar-refractivity contribution in [1.82, 2.24) is 15.5 Å². The van der Waals surface area contributed by atoms with Gasteiger partial charge < -0.3 is 15.5 Å². The smallest absolute Gasteiger partial charge is 0.222 e. The third-order valence-corrected chi connectivity index (χ3v) is 4.76. The summed E-state index contributed by atoms with van der Waals surface area (Å²) in [5.74, 6) is 1.06. The highest BCUT2D eigenvalue weighted by atomic mass is 16.2. The molecule has 2 N–H and O–H groups in total. The average molecular weight is 345 g/mol. The first-order valence-corrected chi connectivity index (χ1v) is 9.33. The van der Waals surface area contributed by atoms with E-state index in [9.17, 15) is 4.79 Å². The molecule has 1 aromatic rings. The maximum absolute atomic E-state index is 11.8. The van der Waals surface area contributed by atoms with Gasteiger partial charge in [0.05, 0.1) is 6.54 Å². The standard InChI is InChI=1S/C20H32N4O/c1-6-19(25)24-9-8-17(13-24)23-20(21-7-2)22-12-18-15(4)10-14(3)11-16(18)5/h10-11,17H,6-9,12-13H2,1-5H3,(H2,21,22,23). The van der Waals surface area contributed by atoms with Gasteiger partial charge >= 0.3 is 0 Å². The van der Waals surface area contributed by atoms with E-state index < -0.39 is 0 Å². The molecule has 0 aliphatic carbocycles. The number of aryl methyl sites for hydroxylation is 3. The van der Waals surface area contributed by atoms with Gasteiger partial charge in [-0.25, -0.2) is 4.99 Å². The molecule has 1 heterocycles. The summed E-state index contributed by atoms with van der Waals surface area (Å²) < 4.78 is 0. The van der Waals surface area contributed by atoms with E-state index in [1.807, 2.05) is 11.8 Å². The van der Waals surface area contributed by atoms with Crippen LogP contribution in [0.5, 0.6) is 0 Å². The zero-order valence-corrected chi connectivity index (χ0v) is 16.3. The van der Waals surface area contributed by atoms with Crippen molar-refractivity contribution in [1.29, 1.82) is 0 Å². The van der Waals surface area contributed by atoms with E-state index in [1.54, 1.807) is 0 Å². The van der Waals surface area contributed by atoms with Crippen LogP contribution in [0.4, 0.5) is 0 Å². The molecule has 1 aliphatic heterocycles. The van der Waals surface area contributed by atoms with Crippen LogP contribution in [0.1, 0.15) is 48.9 Å². The number of carbonyl (C=O) groups excluding carboxylic acids is 1. The SMILES string of the molecule is CCNC(=NCc1c(C)cc(C)cc1C)NC1CCN(C(=O)CC)C1. The van der Waals surface area contributed by atoms with Gasteiger partial charge in [0.2, 0.25) is 5.91 Å². The van der Waals surface area contributed by atoms with Crippen LogP contribution in [0.15, 0.2) is 17.1 Å². The summed E-state index contributed by atoms with van der Waals surface area (Å²) in [4.78, 5) is 18.6. The second kappa shape index (κ2) is 8.88. The highest BCUT2D eigenvalue weighted by Gasteiger charge is 2.25. The second-order valence-electron chi connectivity index (χ2n) is 6.90. The summed E-state index contributed by atoms with van der Waals surface area (Å²) in [6.07, 6.45) is 1.55. The van der Waals surface area contributed by atoms with Crippen LogP contribution in [0.2, 0.25) is 0 Å². The van der Waals surface area contributed by atoms with Crippen molar-refractivity contribution in [3.8, 4) is 0 Å². The summed E-state index contributed by atoms with van der Waals surface area (Å²) in [5.41, 5.74) is 5.16. The van der Waals surface area contributed by atoms with Gasteiger partial charge in [-0.1, -0.05) is 24.6 Å². The second-order valence-corrected chi connectivity index (χ2v) is 6.90. The lowest BCUT2D eigenvalue weighted by molar-refractivity contribution is -0.129. The number of likely N-dealkylation sites (tertiary alicyclic amines) is 1. The Morgan fingerprint density at radius 1 is 1.24 bits per heavy atom. The maximum Gasteiger partial charge on any atom is 0.222 e. The third-order valence-electron chi connectivity index (χ3n) is 4.76. The van der Waals surface area contributed by atoms with Crippen LogP contribution in [-0.2, 0) is 11.3 Å². The fraction of sp³-hybridized carbons (Fsp3) is 0.600. The number of benzene rings is 1. The van der Waals surface area contributed by atoms with Crippen molar-refractivity contribution in [3.05, 3.63) is 34.4 Å². The largest absolute Gasteiger partial charge is 0.357 e. The van der Waals surface area contributed by atoms with E-state index >= 15 is 0 Å². The first kappa shape index (κ1) is 19.3. The van der Waals surface area contributed by atoms with Crippen molar-refractivity contribution in [3.63, 3.8) is 0 Å². The predicted molar refractivity (Wildman–Crippen MR) is 104 cm³/mol. The number of hydrogen-bond donors (Lipinski definition) is 2. The molecular formula is C20H32N4O. The molecule has 1 fully saturated rings. The number of nitrogens with one attached hydrogen (secondary N) is 2. The fourth-order valence-electron chi connectivity index (χ4n) is 3.46. The van der Waals surface area contributed by atoms with Crippen molar-refractivity contribution in [2.45, 2.75) is 60.0 Å². The van der Waals surface area contributed by atoms with Gasteiger partial charge in [-0.3, -0.25) is 4.79 Å². The van der Waals surface area contributed by atoms with E-state index in [2.05, 4.69) is 50.5 Å². The Balaban J connectivity index is 2.03. The number of rotatable bonds is 5. The van der Waals surface area contributed by atoms with Gasteiger partial charge in [0.25, 0.3) is 0 Å². The van der Waals surface area contributed by atoms with E-state index in [1.165, 1.54) is 22.3 Å². The lowest BCUT2D eigenvalue weighted by atomic mass is 10.00. The highest BCUT2D eigenvalue weighted by Crippen LogP contribution is 2.17. The number of carbonyl (C=O) groups is 1. The molecule has 5 heteroatoms. The van der Waals surface area contributed by atoms with Gasteiger partial charge in [-0.2, -0.15) is 0 Å². The molecule has 1 atom stereocenters. The van der Waals surface area contributed by atoms with E-state index in [0.717, 1.165) is 32.0 Å². The zero-order chi connectivity index (χ0) is 18.4. The van der Waals surface area contributed by atoms with Crippen molar-refractivity contribution in [2.75, 3.05) is 19.6 Å². The molecule has 0 radical (unpaired) electrons. The molecular weight excluding hydrogens is 312 g/mol. The van der Waals surface area contributed by atoms with Gasteiger partial charge in [-0.05, 0) is 50.8 Å². The van der Waals surface area contributed by atoms with Crippen LogP contribution in [0.25, 0.3) is 0 Å². The number of nitrogens with zero attached hydrogens (tertiary/aromatic N) is 2. The monoisotopic (exact) mass is 344 g/mol. The maximum atomic E-state index is 11.8. The summed E-state index contributed by atoms with van der Waals surface area (Å²) in [5, 5.41) is 6.81. The van der Waals surface area contributed by atoms with E-state index in [-0.39, 0.29) is 11.9 Å². The Bertz CT molecular complexity index is 616. The Morgan fingerprint density at radius 2 is 1.92 bits per heavy atom. The summed E-state index contributed by atoms with van der Waals surface area (Å²) >= 11 is 0. The topological polar surface area (TPSA) is 56.7 Å². The minimum atomic E-state index is 0.233. The van der Waals surface area contributed by atoms with Crippen LogP contribution < -0.4 is 10.6 Å². The molecule has 0 spiro atoms. The lowest BCUT2D eigenvalue weighted by Gasteiger charge is -2.19. The highest BCUT2D eigenvalue weighted by molar-refractivity contribution is 5.80. The molecule has 0 aromatic heterocycles. The Hall–Kier alpha value is -2.04. The number of hydrogen-bond acceptors (Lipinski definition) is 2. The Kier molecular flexibility index (Phi) is 6.85.